The second-order valence-corrected chi connectivity index (χ2v) is 12.9. The monoisotopic (exact) mass is 466 g/mol. The van der Waals surface area contributed by atoms with Crippen molar-refractivity contribution in [3.63, 3.8) is 0 Å². The standard InChI is InChI=1S/C23H31ClN2O4S/c1-21(2,26-31(29,30)13-17-5-3-4-6-18(17)24)19(27)12-22-8-15-7-16(9-22)11-23(10-15,14-22)20(25)28/h3-6,15-16,26H,7-14H2,1-2H3,(H2,25,28). The highest BCUT2D eigenvalue weighted by Crippen LogP contribution is 2.66. The summed E-state index contributed by atoms with van der Waals surface area (Å²) in [5.41, 5.74) is 4.32. The molecule has 2 unspecified atom stereocenters. The van der Waals surface area contributed by atoms with E-state index in [1.807, 2.05) is 0 Å². The van der Waals surface area contributed by atoms with E-state index in [2.05, 4.69) is 4.72 Å². The van der Waals surface area contributed by atoms with Gasteiger partial charge in [-0.25, -0.2) is 13.1 Å². The lowest BCUT2D eigenvalue weighted by Crippen LogP contribution is -2.58. The number of benzene rings is 1. The molecule has 1 aromatic rings. The van der Waals surface area contributed by atoms with Gasteiger partial charge in [0.15, 0.2) is 5.78 Å². The first-order chi connectivity index (χ1) is 14.3. The molecule has 4 saturated carbocycles. The summed E-state index contributed by atoms with van der Waals surface area (Å²) in [6.45, 7) is 3.23. The Balaban J connectivity index is 1.49. The number of hydrogen-bond acceptors (Lipinski definition) is 4. The van der Waals surface area contributed by atoms with Gasteiger partial charge in [0.05, 0.1) is 16.7 Å². The van der Waals surface area contributed by atoms with Crippen LogP contribution in [0.15, 0.2) is 24.3 Å². The second kappa shape index (κ2) is 7.56. The molecule has 0 radical (unpaired) electrons. The lowest BCUT2D eigenvalue weighted by molar-refractivity contribution is -0.158. The zero-order valence-electron chi connectivity index (χ0n) is 18.1. The van der Waals surface area contributed by atoms with Crippen LogP contribution in [0.1, 0.15) is 64.4 Å². The first-order valence-electron chi connectivity index (χ1n) is 10.9. The minimum absolute atomic E-state index is 0.142. The van der Waals surface area contributed by atoms with Crippen LogP contribution in [-0.4, -0.2) is 25.6 Å². The summed E-state index contributed by atoms with van der Waals surface area (Å²) < 4.78 is 28.2. The molecule has 0 aliphatic heterocycles. The van der Waals surface area contributed by atoms with E-state index in [4.69, 9.17) is 17.3 Å². The van der Waals surface area contributed by atoms with Gasteiger partial charge in [-0.2, -0.15) is 0 Å². The summed E-state index contributed by atoms with van der Waals surface area (Å²) in [6.07, 6.45) is 5.55. The Morgan fingerprint density at radius 3 is 2.35 bits per heavy atom. The van der Waals surface area contributed by atoms with Crippen LogP contribution in [0, 0.1) is 22.7 Å². The van der Waals surface area contributed by atoms with E-state index in [0.29, 0.717) is 28.8 Å². The van der Waals surface area contributed by atoms with Crippen LogP contribution >= 0.6 is 11.6 Å². The van der Waals surface area contributed by atoms with E-state index >= 15 is 0 Å². The van der Waals surface area contributed by atoms with E-state index in [0.717, 1.165) is 32.1 Å². The molecule has 0 spiro atoms. The maximum atomic E-state index is 13.4. The Kier molecular flexibility index (Phi) is 5.55. The van der Waals surface area contributed by atoms with Crippen molar-refractivity contribution in [2.24, 2.45) is 28.4 Å². The molecular formula is C23H31ClN2O4S. The van der Waals surface area contributed by atoms with Crippen molar-refractivity contribution in [2.45, 2.75) is 70.1 Å². The third-order valence-corrected chi connectivity index (χ3v) is 9.53. The van der Waals surface area contributed by atoms with Gasteiger partial charge in [0.2, 0.25) is 15.9 Å². The fourth-order valence-corrected chi connectivity index (χ4v) is 8.72. The van der Waals surface area contributed by atoms with Crippen LogP contribution in [0.25, 0.3) is 0 Å². The highest BCUT2D eigenvalue weighted by molar-refractivity contribution is 7.88. The first kappa shape index (κ1) is 22.7. The number of carbonyl (C=O) groups excluding carboxylic acids is 2. The van der Waals surface area contributed by atoms with Gasteiger partial charge in [-0.15, -0.1) is 0 Å². The third kappa shape index (κ3) is 4.41. The number of sulfonamides is 1. The quantitative estimate of drug-likeness (QED) is 0.610. The smallest absolute Gasteiger partial charge is 0.223 e. The van der Waals surface area contributed by atoms with Gasteiger partial charge in [0.25, 0.3) is 0 Å². The number of carbonyl (C=O) groups is 2. The normalized spacial score (nSPS) is 32.2. The molecule has 31 heavy (non-hydrogen) atoms. The number of Topliss-reactive ketones (excluding diaryl/α,β-unsaturated/α-hetero) is 1. The maximum absolute atomic E-state index is 13.4. The molecule has 6 nitrogen and oxygen atoms in total. The van der Waals surface area contributed by atoms with Gasteiger partial charge < -0.3 is 5.73 Å². The number of nitrogens with two attached hydrogens (primary N) is 1. The molecule has 4 aliphatic carbocycles. The largest absolute Gasteiger partial charge is 0.369 e. The van der Waals surface area contributed by atoms with Gasteiger partial charge in [-0.1, -0.05) is 29.8 Å². The van der Waals surface area contributed by atoms with Crippen molar-refractivity contribution < 1.29 is 18.0 Å². The summed E-state index contributed by atoms with van der Waals surface area (Å²) in [7, 11) is -3.78. The molecule has 8 heteroatoms. The average Bonchev–Trinajstić information content (AvgIpc) is 2.61. The number of primary amides is 1. The fraction of sp³-hybridized carbons (Fsp3) is 0.652. The van der Waals surface area contributed by atoms with E-state index < -0.39 is 21.0 Å². The van der Waals surface area contributed by atoms with Crippen molar-refractivity contribution in [1.29, 1.82) is 0 Å². The van der Waals surface area contributed by atoms with Gasteiger partial charge in [0.1, 0.15) is 0 Å². The average molecular weight is 467 g/mol. The lowest BCUT2D eigenvalue weighted by atomic mass is 9.43. The second-order valence-electron chi connectivity index (χ2n) is 10.8. The molecular weight excluding hydrogens is 436 g/mol. The van der Waals surface area contributed by atoms with E-state index in [-0.39, 0.29) is 29.3 Å². The van der Waals surface area contributed by atoms with Crippen molar-refractivity contribution in [1.82, 2.24) is 4.72 Å². The molecule has 4 bridgehead atoms. The number of ketones is 1. The lowest BCUT2D eigenvalue weighted by Gasteiger charge is -2.61. The van der Waals surface area contributed by atoms with Crippen LogP contribution in [-0.2, 0) is 25.4 Å². The number of halogens is 1. The summed E-state index contributed by atoms with van der Waals surface area (Å²) in [4.78, 5) is 25.7. The molecule has 0 aromatic heterocycles. The van der Waals surface area contributed by atoms with Gasteiger partial charge >= 0.3 is 0 Å². The Labute approximate surface area is 189 Å². The van der Waals surface area contributed by atoms with Gasteiger partial charge in [-0.3, -0.25) is 9.59 Å². The van der Waals surface area contributed by atoms with E-state index in [1.165, 1.54) is 0 Å². The Morgan fingerprint density at radius 2 is 1.77 bits per heavy atom. The van der Waals surface area contributed by atoms with Crippen molar-refractivity contribution in [3.8, 4) is 0 Å². The topological polar surface area (TPSA) is 106 Å². The molecule has 0 heterocycles. The summed E-state index contributed by atoms with van der Waals surface area (Å²) in [5, 5.41) is 0.377. The molecule has 1 amide bonds. The maximum Gasteiger partial charge on any atom is 0.223 e. The third-order valence-electron chi connectivity index (χ3n) is 7.65. The predicted octanol–water partition coefficient (Wildman–Crippen LogP) is 3.57. The minimum Gasteiger partial charge on any atom is -0.369 e. The van der Waals surface area contributed by atoms with Crippen LogP contribution in [0.5, 0.6) is 0 Å². The van der Waals surface area contributed by atoms with Crippen LogP contribution in [0.3, 0.4) is 0 Å². The molecule has 170 valence electrons. The molecule has 5 rings (SSSR count). The number of nitrogens with one attached hydrogen (secondary N) is 1. The highest BCUT2D eigenvalue weighted by atomic mass is 35.5. The first-order valence-corrected chi connectivity index (χ1v) is 13.0. The molecule has 4 aliphatic rings. The van der Waals surface area contributed by atoms with Crippen LogP contribution < -0.4 is 10.5 Å². The summed E-state index contributed by atoms with van der Waals surface area (Å²) >= 11 is 6.11. The highest BCUT2D eigenvalue weighted by Gasteiger charge is 2.60. The number of hydrogen-bond donors (Lipinski definition) is 2. The molecule has 1 aromatic carbocycles. The van der Waals surface area contributed by atoms with Crippen LogP contribution in [0.4, 0.5) is 0 Å². The number of rotatable bonds is 8. The number of amides is 1. The zero-order valence-corrected chi connectivity index (χ0v) is 19.7. The van der Waals surface area contributed by atoms with Gasteiger partial charge in [-0.05, 0) is 81.3 Å². The van der Waals surface area contributed by atoms with Crippen molar-refractivity contribution >= 4 is 33.3 Å². The van der Waals surface area contributed by atoms with Crippen LogP contribution in [0.2, 0.25) is 5.02 Å². The Bertz CT molecular complexity index is 1010. The predicted molar refractivity (Wildman–Crippen MR) is 120 cm³/mol. The molecule has 0 saturated heterocycles. The summed E-state index contributed by atoms with van der Waals surface area (Å²) in [6, 6.07) is 6.78. The van der Waals surface area contributed by atoms with Crippen molar-refractivity contribution in [3.05, 3.63) is 34.9 Å². The zero-order chi connectivity index (χ0) is 22.7. The Hall–Kier alpha value is -1.44. The molecule has 3 N–H and O–H groups in total. The molecule has 4 fully saturated rings. The summed E-state index contributed by atoms with van der Waals surface area (Å²) in [5.74, 6) is 0.196. The minimum atomic E-state index is -3.78. The SMILES string of the molecule is CC(C)(NS(=O)(=O)Cc1ccccc1Cl)C(=O)CC12CC3CC(C1)CC(C(N)=O)(C3)C2. The van der Waals surface area contributed by atoms with Gasteiger partial charge in [0, 0.05) is 11.4 Å². The Morgan fingerprint density at radius 1 is 1.16 bits per heavy atom. The van der Waals surface area contributed by atoms with E-state index in [9.17, 15) is 18.0 Å². The fourth-order valence-electron chi connectivity index (χ4n) is 6.81. The molecule has 2 atom stereocenters. The van der Waals surface area contributed by atoms with Crippen molar-refractivity contribution in [2.75, 3.05) is 0 Å². The van der Waals surface area contributed by atoms with E-state index in [1.54, 1.807) is 38.1 Å².